The van der Waals surface area contributed by atoms with Crippen molar-refractivity contribution in [1.82, 2.24) is 4.90 Å². The fourth-order valence-electron chi connectivity index (χ4n) is 2.11. The molecule has 0 bridgehead atoms. The highest BCUT2D eigenvalue weighted by Gasteiger charge is 2.34. The smallest absolute Gasteiger partial charge is 0.253 e. The first-order valence-electron chi connectivity index (χ1n) is 5.89. The molecule has 1 aliphatic carbocycles. The van der Waals surface area contributed by atoms with Gasteiger partial charge >= 0.3 is 0 Å². The number of benzene rings is 1. The molecule has 0 aromatic heterocycles. The zero-order valence-corrected chi connectivity index (χ0v) is 10.3. The highest BCUT2D eigenvalue weighted by molar-refractivity contribution is 5.96. The third-order valence-corrected chi connectivity index (χ3v) is 3.36. The Morgan fingerprint density at radius 2 is 1.88 bits per heavy atom. The lowest BCUT2D eigenvalue weighted by molar-refractivity contribution is 0.0787. The Morgan fingerprint density at radius 3 is 2.35 bits per heavy atom. The molecule has 0 spiro atoms. The maximum absolute atomic E-state index is 12.1. The van der Waals surface area contributed by atoms with Crippen LogP contribution in [0.15, 0.2) is 18.2 Å². The van der Waals surface area contributed by atoms with Crippen molar-refractivity contribution in [2.24, 2.45) is 11.8 Å². The minimum atomic E-state index is -0.0110. The van der Waals surface area contributed by atoms with E-state index in [9.17, 15) is 4.79 Å². The first-order chi connectivity index (χ1) is 7.97. The van der Waals surface area contributed by atoms with E-state index in [0.29, 0.717) is 22.9 Å². The van der Waals surface area contributed by atoms with Gasteiger partial charge in [-0.2, -0.15) is 0 Å². The number of carbonyl (C=O) groups is 1. The molecule has 0 heterocycles. The van der Waals surface area contributed by atoms with Gasteiger partial charge < -0.3 is 16.4 Å². The van der Waals surface area contributed by atoms with Gasteiger partial charge in [-0.25, -0.2) is 0 Å². The van der Waals surface area contributed by atoms with Crippen LogP contribution in [0.25, 0.3) is 0 Å². The average molecular weight is 233 g/mol. The molecule has 1 saturated carbocycles. The summed E-state index contributed by atoms with van der Waals surface area (Å²) in [6.07, 6.45) is 1.22. The second-order valence-corrected chi connectivity index (χ2v) is 5.05. The van der Waals surface area contributed by atoms with Crippen molar-refractivity contribution in [3.8, 4) is 0 Å². The summed E-state index contributed by atoms with van der Waals surface area (Å²) in [5.41, 5.74) is 13.0. The molecule has 2 rings (SSSR count). The first kappa shape index (κ1) is 11.8. The van der Waals surface area contributed by atoms with Gasteiger partial charge in [0.25, 0.3) is 5.91 Å². The molecule has 0 aliphatic heterocycles. The maximum Gasteiger partial charge on any atom is 0.253 e. The summed E-state index contributed by atoms with van der Waals surface area (Å²) in [5.74, 6) is 1.39. The van der Waals surface area contributed by atoms with Crippen LogP contribution in [-0.2, 0) is 0 Å². The van der Waals surface area contributed by atoms with Crippen LogP contribution in [-0.4, -0.2) is 24.4 Å². The lowest BCUT2D eigenvalue weighted by Gasteiger charge is -2.17. The molecule has 1 fully saturated rings. The Balaban J connectivity index is 2.07. The van der Waals surface area contributed by atoms with E-state index in [-0.39, 0.29) is 5.91 Å². The number of nitrogen functional groups attached to an aromatic ring is 2. The van der Waals surface area contributed by atoms with Crippen LogP contribution in [0.3, 0.4) is 0 Å². The Labute approximate surface area is 102 Å². The van der Waals surface area contributed by atoms with E-state index in [1.54, 1.807) is 23.1 Å². The Bertz CT molecular complexity index is 424. The van der Waals surface area contributed by atoms with Gasteiger partial charge in [-0.15, -0.1) is 0 Å². The largest absolute Gasteiger partial charge is 0.399 e. The molecule has 4 N–H and O–H groups in total. The van der Waals surface area contributed by atoms with Gasteiger partial charge in [0.1, 0.15) is 0 Å². The van der Waals surface area contributed by atoms with E-state index >= 15 is 0 Å². The summed E-state index contributed by atoms with van der Waals surface area (Å²) >= 11 is 0. The minimum absolute atomic E-state index is 0.0110. The van der Waals surface area contributed by atoms with Gasteiger partial charge in [-0.3, -0.25) is 4.79 Å². The molecule has 4 heteroatoms. The van der Waals surface area contributed by atoms with Crippen molar-refractivity contribution >= 4 is 17.3 Å². The van der Waals surface area contributed by atoms with Crippen LogP contribution in [0.2, 0.25) is 0 Å². The second-order valence-electron chi connectivity index (χ2n) is 5.05. The summed E-state index contributed by atoms with van der Waals surface area (Å²) in [7, 11) is 1.83. The number of hydrogen-bond acceptors (Lipinski definition) is 3. The van der Waals surface area contributed by atoms with E-state index in [1.165, 1.54) is 6.42 Å². The van der Waals surface area contributed by atoms with Gasteiger partial charge in [-0.1, -0.05) is 6.92 Å². The van der Waals surface area contributed by atoms with E-state index < -0.39 is 0 Å². The normalized spacial score (nSPS) is 22.2. The number of carbonyl (C=O) groups excluding carboxylic acids is 1. The SMILES string of the molecule is CC1CC1CN(C)C(=O)c1cc(N)cc(N)c1. The van der Waals surface area contributed by atoms with Crippen molar-refractivity contribution < 1.29 is 4.79 Å². The van der Waals surface area contributed by atoms with Crippen LogP contribution in [0.1, 0.15) is 23.7 Å². The van der Waals surface area contributed by atoms with E-state index in [0.717, 1.165) is 12.5 Å². The lowest BCUT2D eigenvalue weighted by atomic mass is 10.1. The highest BCUT2D eigenvalue weighted by Crippen LogP contribution is 2.38. The molecule has 1 aromatic carbocycles. The molecular formula is C13H19N3O. The summed E-state index contributed by atoms with van der Waals surface area (Å²) in [4.78, 5) is 13.9. The predicted molar refractivity (Wildman–Crippen MR) is 69.5 cm³/mol. The molecule has 17 heavy (non-hydrogen) atoms. The van der Waals surface area contributed by atoms with E-state index in [1.807, 2.05) is 7.05 Å². The number of rotatable bonds is 3. The summed E-state index contributed by atoms with van der Waals surface area (Å²) in [5, 5.41) is 0. The van der Waals surface area contributed by atoms with Gasteiger partial charge in [0.15, 0.2) is 0 Å². The molecule has 92 valence electrons. The Kier molecular flexibility index (Phi) is 2.96. The van der Waals surface area contributed by atoms with Gasteiger partial charge in [-0.05, 0) is 36.5 Å². The molecule has 0 radical (unpaired) electrons. The van der Waals surface area contributed by atoms with Crippen molar-refractivity contribution in [1.29, 1.82) is 0 Å². The molecule has 1 aliphatic rings. The molecule has 4 nitrogen and oxygen atoms in total. The molecule has 2 atom stereocenters. The zero-order chi connectivity index (χ0) is 12.6. The molecule has 2 unspecified atom stereocenters. The highest BCUT2D eigenvalue weighted by atomic mass is 16.2. The van der Waals surface area contributed by atoms with E-state index in [2.05, 4.69) is 6.92 Å². The lowest BCUT2D eigenvalue weighted by Crippen LogP contribution is -2.29. The number of amides is 1. The number of nitrogens with two attached hydrogens (primary N) is 2. The number of hydrogen-bond donors (Lipinski definition) is 2. The first-order valence-corrected chi connectivity index (χ1v) is 5.89. The van der Waals surface area contributed by atoms with Gasteiger partial charge in [0.2, 0.25) is 0 Å². The quantitative estimate of drug-likeness (QED) is 0.778. The molecule has 0 saturated heterocycles. The topological polar surface area (TPSA) is 72.3 Å². The van der Waals surface area contributed by atoms with Crippen LogP contribution < -0.4 is 11.5 Å². The molecular weight excluding hydrogens is 214 g/mol. The van der Waals surface area contributed by atoms with Crippen LogP contribution in [0.4, 0.5) is 11.4 Å². The Morgan fingerprint density at radius 1 is 1.35 bits per heavy atom. The fraction of sp³-hybridized carbons (Fsp3) is 0.462. The molecule has 1 amide bonds. The maximum atomic E-state index is 12.1. The van der Waals surface area contributed by atoms with Crippen LogP contribution in [0.5, 0.6) is 0 Å². The number of anilines is 2. The summed E-state index contributed by atoms with van der Waals surface area (Å²) in [6.45, 7) is 3.02. The Hall–Kier alpha value is -1.71. The van der Waals surface area contributed by atoms with Crippen LogP contribution in [0, 0.1) is 11.8 Å². The minimum Gasteiger partial charge on any atom is -0.399 e. The van der Waals surface area contributed by atoms with E-state index in [4.69, 9.17) is 11.5 Å². The predicted octanol–water partition coefficient (Wildman–Crippen LogP) is 1.58. The standard InChI is InChI=1S/C13H19N3O/c1-8-3-10(8)7-16(2)13(17)9-4-11(14)6-12(15)5-9/h4-6,8,10H,3,7,14-15H2,1-2H3. The fourth-order valence-corrected chi connectivity index (χ4v) is 2.11. The molecule has 1 aromatic rings. The zero-order valence-electron chi connectivity index (χ0n) is 10.3. The van der Waals surface area contributed by atoms with Crippen molar-refractivity contribution in [2.45, 2.75) is 13.3 Å². The van der Waals surface area contributed by atoms with Gasteiger partial charge in [0.05, 0.1) is 0 Å². The summed E-state index contributed by atoms with van der Waals surface area (Å²) in [6, 6.07) is 5.00. The van der Waals surface area contributed by atoms with Gasteiger partial charge in [0, 0.05) is 30.5 Å². The van der Waals surface area contributed by atoms with Crippen LogP contribution >= 0.6 is 0 Å². The van der Waals surface area contributed by atoms with Crippen molar-refractivity contribution in [3.63, 3.8) is 0 Å². The third kappa shape index (κ3) is 2.70. The summed E-state index contributed by atoms with van der Waals surface area (Å²) < 4.78 is 0. The van der Waals surface area contributed by atoms with Crippen molar-refractivity contribution in [2.75, 3.05) is 25.1 Å². The third-order valence-electron chi connectivity index (χ3n) is 3.36. The van der Waals surface area contributed by atoms with Crippen molar-refractivity contribution in [3.05, 3.63) is 23.8 Å². The second kappa shape index (κ2) is 4.28. The average Bonchev–Trinajstić information content (AvgIpc) is 2.91. The number of nitrogens with zero attached hydrogens (tertiary/aromatic N) is 1. The monoisotopic (exact) mass is 233 g/mol.